The van der Waals surface area contributed by atoms with Gasteiger partial charge in [-0.1, -0.05) is 56.2 Å². The van der Waals surface area contributed by atoms with Crippen LogP contribution in [0, 0.1) is 0 Å². The number of nitrogen functional groups attached to an aromatic ring is 1. The van der Waals surface area contributed by atoms with E-state index in [1.165, 1.54) is 18.5 Å². The Labute approximate surface area is 231 Å². The van der Waals surface area contributed by atoms with Crippen molar-refractivity contribution >= 4 is 23.2 Å². The molecule has 0 fully saturated rings. The third kappa shape index (κ3) is 6.76. The van der Waals surface area contributed by atoms with E-state index in [0.717, 1.165) is 24.5 Å². The molecule has 0 bridgehead atoms. The number of anilines is 1. The molecule has 4 rings (SSSR count). The van der Waals surface area contributed by atoms with E-state index in [9.17, 15) is 19.2 Å². The van der Waals surface area contributed by atoms with Crippen LogP contribution in [0.2, 0.25) is 0 Å². The fraction of sp³-hybridized carbons (Fsp3) is 0.267. The molecule has 3 aromatic rings. The molecule has 206 valence electrons. The summed E-state index contributed by atoms with van der Waals surface area (Å²) >= 11 is 0. The number of pyridine rings is 1. The Balaban J connectivity index is 1.51. The number of amides is 1. The standard InChI is InChI=1S/C30H31N5O5/c1-2-3-11-21(35-29(20-9-5-4-6-10-20)34-19-23(31)30(35)39)13-16-26(37)33-18-22-25(15-14-24(36)28(22)38)40-27-12-7-8-17-32-27/h4-10,12,14-15,17,19,21H,2-3,11,13,16,18,31H2,1H3,(H,33,37). The number of carbonyl (C=O) groups is 3. The van der Waals surface area contributed by atoms with Gasteiger partial charge in [0.25, 0.3) is 5.56 Å². The van der Waals surface area contributed by atoms with Gasteiger partial charge in [0.05, 0.1) is 18.3 Å². The first-order valence-corrected chi connectivity index (χ1v) is 13.2. The highest BCUT2D eigenvalue weighted by atomic mass is 16.5. The first kappa shape index (κ1) is 28.2. The van der Waals surface area contributed by atoms with E-state index in [4.69, 9.17) is 10.5 Å². The van der Waals surface area contributed by atoms with Crippen LogP contribution in [0.4, 0.5) is 5.69 Å². The number of hydrogen-bond acceptors (Lipinski definition) is 8. The predicted molar refractivity (Wildman–Crippen MR) is 150 cm³/mol. The number of ether oxygens (including phenoxy) is 1. The Morgan fingerprint density at radius 2 is 1.80 bits per heavy atom. The van der Waals surface area contributed by atoms with Crippen LogP contribution < -0.4 is 21.3 Å². The summed E-state index contributed by atoms with van der Waals surface area (Å²) in [5.41, 5.74) is 6.44. The van der Waals surface area contributed by atoms with Crippen LogP contribution >= 0.6 is 0 Å². The van der Waals surface area contributed by atoms with Gasteiger partial charge in [0.2, 0.25) is 23.4 Å². The topological polar surface area (TPSA) is 146 Å². The number of nitrogens with two attached hydrogens (primary N) is 1. The number of rotatable bonds is 12. The number of benzene rings is 1. The molecule has 2 aromatic heterocycles. The van der Waals surface area contributed by atoms with Crippen LogP contribution in [0.5, 0.6) is 5.88 Å². The van der Waals surface area contributed by atoms with Gasteiger partial charge >= 0.3 is 0 Å². The average molecular weight is 542 g/mol. The zero-order valence-electron chi connectivity index (χ0n) is 22.2. The maximum atomic E-state index is 13.2. The molecule has 3 N–H and O–H groups in total. The normalized spacial score (nSPS) is 13.8. The summed E-state index contributed by atoms with van der Waals surface area (Å²) in [6.07, 6.45) is 8.24. The molecule has 2 heterocycles. The Bertz CT molecular complexity index is 1500. The molecule has 1 aromatic carbocycles. The molecule has 1 aliphatic carbocycles. The fourth-order valence-electron chi connectivity index (χ4n) is 4.41. The van der Waals surface area contributed by atoms with Crippen LogP contribution in [0.25, 0.3) is 11.4 Å². The Morgan fingerprint density at radius 1 is 1.02 bits per heavy atom. The monoisotopic (exact) mass is 541 g/mol. The summed E-state index contributed by atoms with van der Waals surface area (Å²) in [5, 5.41) is 2.72. The number of carbonyl (C=O) groups excluding carboxylic acids is 3. The minimum absolute atomic E-state index is 0.0338. The Hall–Kier alpha value is -4.86. The van der Waals surface area contributed by atoms with E-state index in [-0.39, 0.29) is 53.4 Å². The smallest absolute Gasteiger partial charge is 0.277 e. The highest BCUT2D eigenvalue weighted by Gasteiger charge is 2.26. The Morgan fingerprint density at radius 3 is 2.52 bits per heavy atom. The molecule has 1 unspecified atom stereocenters. The van der Waals surface area contributed by atoms with Gasteiger partial charge in [0, 0.05) is 30.3 Å². The van der Waals surface area contributed by atoms with Gasteiger partial charge in [-0.05, 0) is 31.1 Å². The maximum Gasteiger partial charge on any atom is 0.277 e. The average Bonchev–Trinajstić information content (AvgIpc) is 2.97. The van der Waals surface area contributed by atoms with E-state index < -0.39 is 11.6 Å². The maximum absolute atomic E-state index is 13.2. The summed E-state index contributed by atoms with van der Waals surface area (Å²) in [4.78, 5) is 59.3. The number of unbranched alkanes of at least 4 members (excludes halogenated alkanes) is 1. The Kier molecular flexibility index (Phi) is 9.35. The van der Waals surface area contributed by atoms with Crippen molar-refractivity contribution in [3.8, 4) is 17.3 Å². The highest BCUT2D eigenvalue weighted by Crippen LogP contribution is 2.26. The molecule has 1 amide bonds. The first-order chi connectivity index (χ1) is 19.4. The van der Waals surface area contributed by atoms with Gasteiger partial charge in [-0.2, -0.15) is 0 Å². The second-order valence-electron chi connectivity index (χ2n) is 9.33. The van der Waals surface area contributed by atoms with Gasteiger partial charge < -0.3 is 15.8 Å². The van der Waals surface area contributed by atoms with Crippen LogP contribution in [0.1, 0.15) is 45.1 Å². The number of hydrogen-bond donors (Lipinski definition) is 2. The molecular formula is C30H31N5O5. The zero-order valence-corrected chi connectivity index (χ0v) is 22.2. The van der Waals surface area contributed by atoms with Crippen LogP contribution in [-0.2, 0) is 14.4 Å². The molecule has 0 aliphatic heterocycles. The third-order valence-electron chi connectivity index (χ3n) is 6.51. The number of ketones is 2. The van der Waals surface area contributed by atoms with Crippen molar-refractivity contribution in [2.45, 2.75) is 45.1 Å². The predicted octanol–water partition coefficient (Wildman–Crippen LogP) is 3.56. The van der Waals surface area contributed by atoms with Crippen LogP contribution in [0.3, 0.4) is 0 Å². The van der Waals surface area contributed by atoms with Crippen molar-refractivity contribution in [2.24, 2.45) is 0 Å². The zero-order chi connectivity index (χ0) is 28.5. The van der Waals surface area contributed by atoms with Gasteiger partial charge in [0.1, 0.15) is 17.3 Å². The van der Waals surface area contributed by atoms with Crippen molar-refractivity contribution in [1.82, 2.24) is 19.9 Å². The minimum atomic E-state index is -0.751. The molecule has 1 atom stereocenters. The molecule has 0 saturated carbocycles. The second-order valence-corrected chi connectivity index (χ2v) is 9.33. The number of aromatic nitrogens is 3. The van der Waals surface area contributed by atoms with E-state index in [1.807, 2.05) is 30.3 Å². The van der Waals surface area contributed by atoms with E-state index in [2.05, 4.69) is 22.2 Å². The fourth-order valence-corrected chi connectivity index (χ4v) is 4.41. The molecule has 10 heteroatoms. The summed E-state index contributed by atoms with van der Waals surface area (Å²) in [5.74, 6) is -0.900. The molecular weight excluding hydrogens is 510 g/mol. The SMILES string of the molecule is CCCCC(CCC(=O)NCC1=C(Oc2ccccn2)C=CC(=O)C1=O)n1c(-c2ccccc2)ncc(N)c1=O. The number of allylic oxidation sites excluding steroid dienone is 2. The molecule has 0 spiro atoms. The number of nitrogens with zero attached hydrogens (tertiary/aromatic N) is 3. The van der Waals surface area contributed by atoms with Crippen molar-refractivity contribution in [1.29, 1.82) is 0 Å². The van der Waals surface area contributed by atoms with Crippen molar-refractivity contribution < 1.29 is 19.1 Å². The van der Waals surface area contributed by atoms with Crippen molar-refractivity contribution in [2.75, 3.05) is 12.3 Å². The molecule has 10 nitrogen and oxygen atoms in total. The lowest BCUT2D eigenvalue weighted by Gasteiger charge is -2.23. The highest BCUT2D eigenvalue weighted by molar-refractivity contribution is 6.48. The lowest BCUT2D eigenvalue weighted by Crippen LogP contribution is -2.33. The third-order valence-corrected chi connectivity index (χ3v) is 6.51. The second kappa shape index (κ2) is 13.3. The summed E-state index contributed by atoms with van der Waals surface area (Å²) < 4.78 is 7.29. The summed E-state index contributed by atoms with van der Waals surface area (Å²) in [7, 11) is 0. The largest absolute Gasteiger partial charge is 0.439 e. The van der Waals surface area contributed by atoms with Gasteiger partial charge in [-0.25, -0.2) is 9.97 Å². The summed E-state index contributed by atoms with van der Waals surface area (Å²) in [6, 6.07) is 14.1. The van der Waals surface area contributed by atoms with E-state index in [0.29, 0.717) is 18.7 Å². The van der Waals surface area contributed by atoms with Crippen LogP contribution in [-0.4, -0.2) is 38.6 Å². The molecule has 0 radical (unpaired) electrons. The molecule has 1 aliphatic rings. The van der Waals surface area contributed by atoms with Crippen molar-refractivity contribution in [3.05, 3.63) is 94.8 Å². The lowest BCUT2D eigenvalue weighted by atomic mass is 10.00. The number of nitrogens with one attached hydrogen (secondary N) is 1. The van der Waals surface area contributed by atoms with Gasteiger partial charge in [-0.15, -0.1) is 0 Å². The van der Waals surface area contributed by atoms with Gasteiger partial charge in [0.15, 0.2) is 0 Å². The van der Waals surface area contributed by atoms with Gasteiger partial charge in [-0.3, -0.25) is 23.7 Å². The molecule has 0 saturated heterocycles. The minimum Gasteiger partial charge on any atom is -0.439 e. The van der Waals surface area contributed by atoms with E-state index >= 15 is 0 Å². The van der Waals surface area contributed by atoms with Crippen molar-refractivity contribution in [3.63, 3.8) is 0 Å². The lowest BCUT2D eigenvalue weighted by molar-refractivity contribution is -0.132. The van der Waals surface area contributed by atoms with E-state index in [1.54, 1.807) is 22.8 Å². The van der Waals surface area contributed by atoms with Crippen LogP contribution in [0.15, 0.2) is 89.2 Å². The first-order valence-electron chi connectivity index (χ1n) is 13.2. The molecule has 40 heavy (non-hydrogen) atoms. The number of Topliss-reactive ketones (excluding diaryl/α,β-unsaturated/α-hetero) is 1. The quantitative estimate of drug-likeness (QED) is 0.261. The summed E-state index contributed by atoms with van der Waals surface area (Å²) in [6.45, 7) is 1.86.